The summed E-state index contributed by atoms with van der Waals surface area (Å²) in [4.78, 5) is 24.6. The Morgan fingerprint density at radius 2 is 0.524 bits per heavy atom. The van der Waals surface area contributed by atoms with Crippen LogP contribution >= 0.6 is 0 Å². The van der Waals surface area contributed by atoms with Crippen molar-refractivity contribution in [3.8, 4) is 0 Å². The molecule has 5 heteroatoms. The van der Waals surface area contributed by atoms with Gasteiger partial charge in [0.15, 0.2) is 6.10 Å². The van der Waals surface area contributed by atoms with Crippen LogP contribution in [0.3, 0.4) is 0 Å². The Morgan fingerprint density at radius 1 is 0.293 bits per heavy atom. The van der Waals surface area contributed by atoms with E-state index in [1.807, 2.05) is 0 Å². The zero-order valence-electron chi connectivity index (χ0n) is 53.7. The normalized spacial score (nSPS) is 13.1. The SMILES string of the molecule is CC/C=C\C/C=C\C/C=C\C/C=C\C/C=C\C/C=C\C/C=C\C/C=C\C/C=C\C/C=C\CCCCCCCCCCC(=O)OC(CO)COC(=O)CCCCCCCCCCCCCCCCCCC/C=C\CCCCCCCCCC. The second-order valence-corrected chi connectivity index (χ2v) is 22.9. The van der Waals surface area contributed by atoms with E-state index in [9.17, 15) is 14.7 Å². The van der Waals surface area contributed by atoms with Gasteiger partial charge in [-0.05, 0) is 116 Å². The largest absolute Gasteiger partial charge is 0.462 e. The van der Waals surface area contributed by atoms with Crippen LogP contribution in [-0.2, 0) is 19.1 Å². The lowest BCUT2D eigenvalue weighted by Crippen LogP contribution is -2.28. The van der Waals surface area contributed by atoms with Crippen molar-refractivity contribution in [3.63, 3.8) is 0 Å². The Morgan fingerprint density at radius 3 is 0.805 bits per heavy atom. The lowest BCUT2D eigenvalue weighted by Gasteiger charge is -2.15. The van der Waals surface area contributed by atoms with Gasteiger partial charge in [-0.2, -0.15) is 0 Å². The quantitative estimate of drug-likeness (QED) is 0.0373. The highest BCUT2D eigenvalue weighted by atomic mass is 16.6. The molecule has 0 fully saturated rings. The molecule has 1 atom stereocenters. The van der Waals surface area contributed by atoms with E-state index >= 15 is 0 Å². The molecular weight excluding hydrogens is 1000 g/mol. The molecule has 0 saturated carbocycles. The number of carbonyl (C=O) groups is 2. The molecule has 0 aliphatic heterocycles. The molecule has 0 rings (SSSR count). The van der Waals surface area contributed by atoms with Gasteiger partial charge in [0.1, 0.15) is 6.61 Å². The fraction of sp³-hybridized carbons (Fsp3) is 0.688. The van der Waals surface area contributed by atoms with Gasteiger partial charge in [-0.3, -0.25) is 9.59 Å². The number of ether oxygens (including phenoxy) is 2. The molecule has 1 unspecified atom stereocenters. The van der Waals surface area contributed by atoms with Gasteiger partial charge in [0.2, 0.25) is 0 Å². The molecule has 82 heavy (non-hydrogen) atoms. The molecule has 1 N–H and O–H groups in total. The summed E-state index contributed by atoms with van der Waals surface area (Å²) in [6, 6.07) is 0. The average molecular weight is 1140 g/mol. The molecule has 0 amide bonds. The number of carbonyl (C=O) groups excluding carboxylic acids is 2. The van der Waals surface area contributed by atoms with Gasteiger partial charge in [-0.25, -0.2) is 0 Å². The molecule has 0 spiro atoms. The van der Waals surface area contributed by atoms with Gasteiger partial charge in [-0.15, -0.1) is 0 Å². The highest BCUT2D eigenvalue weighted by Gasteiger charge is 2.16. The minimum atomic E-state index is -0.786. The van der Waals surface area contributed by atoms with E-state index in [0.717, 1.165) is 109 Å². The molecule has 0 aliphatic rings. The zero-order chi connectivity index (χ0) is 59.1. The Labute approximate surface area is 508 Å². The van der Waals surface area contributed by atoms with Crippen LogP contribution < -0.4 is 0 Å². The molecular formula is C77H130O5. The zero-order valence-corrected chi connectivity index (χ0v) is 53.7. The van der Waals surface area contributed by atoms with Crippen LogP contribution in [0.2, 0.25) is 0 Å². The van der Waals surface area contributed by atoms with E-state index < -0.39 is 6.10 Å². The molecule has 0 saturated heterocycles. The lowest BCUT2D eigenvalue weighted by atomic mass is 10.0. The molecule has 0 aliphatic carbocycles. The molecule has 0 aromatic heterocycles. The number of rotatable bonds is 63. The topological polar surface area (TPSA) is 72.8 Å². The molecule has 0 aromatic rings. The predicted molar refractivity (Wildman–Crippen MR) is 361 cm³/mol. The van der Waals surface area contributed by atoms with E-state index in [2.05, 4.69) is 148 Å². The second kappa shape index (κ2) is 71.3. The van der Waals surface area contributed by atoms with Crippen molar-refractivity contribution in [2.24, 2.45) is 0 Å². The maximum atomic E-state index is 12.4. The first-order valence-corrected chi connectivity index (χ1v) is 34.7. The standard InChI is InChI=1S/C77H130O5/c1-3-5-7-9-11-13-15-17-19-21-23-25-27-29-31-33-34-35-36-37-38-39-40-41-42-44-46-48-50-52-54-56-58-60-62-64-66-68-70-72-77(80)82-75(73-78)74-81-76(79)71-69-67-65-63-61-59-57-55-53-51-49-47-45-43-32-30-28-26-24-22-20-18-16-14-12-10-8-6-4-2/h5,7,11,13,17,19,22-25,29,31,34-35,37-38,40-41,44,46,50,52,75,78H,3-4,6,8-10,12,14-16,18,20-21,26-28,30,32-33,36,39,42-43,45,47-49,51,53-74H2,1-2H3/b7-5-,13-11-,19-17-,24-22-,25-23-,31-29-,35-34-,38-37-,41-40-,46-44-,52-50-. The van der Waals surface area contributed by atoms with Crippen LogP contribution in [0.5, 0.6) is 0 Å². The third-order valence-corrected chi connectivity index (χ3v) is 14.9. The van der Waals surface area contributed by atoms with Gasteiger partial charge in [-0.1, -0.05) is 327 Å². The second-order valence-electron chi connectivity index (χ2n) is 22.9. The van der Waals surface area contributed by atoms with Crippen LogP contribution in [0.1, 0.15) is 322 Å². The number of aliphatic hydroxyl groups excluding tert-OH is 1. The minimum Gasteiger partial charge on any atom is -0.462 e. The van der Waals surface area contributed by atoms with Crippen LogP contribution in [0, 0.1) is 0 Å². The Kier molecular flexibility index (Phi) is 67.9. The predicted octanol–water partition coefficient (Wildman–Crippen LogP) is 24.3. The van der Waals surface area contributed by atoms with Crippen LogP contribution in [-0.4, -0.2) is 36.4 Å². The number of hydrogen-bond acceptors (Lipinski definition) is 5. The summed E-state index contributed by atoms with van der Waals surface area (Å²) in [6.45, 7) is 4.04. The van der Waals surface area contributed by atoms with E-state index in [4.69, 9.17) is 9.47 Å². The number of allylic oxidation sites excluding steroid dienone is 22. The maximum absolute atomic E-state index is 12.4. The summed E-state index contributed by atoms with van der Waals surface area (Å²) >= 11 is 0. The summed E-state index contributed by atoms with van der Waals surface area (Å²) < 4.78 is 10.7. The molecule has 0 heterocycles. The number of unbranched alkanes of at least 4 members (excludes halogenated alkanes) is 33. The van der Waals surface area contributed by atoms with Crippen molar-refractivity contribution in [1.29, 1.82) is 0 Å². The Balaban J connectivity index is 3.54. The molecule has 0 radical (unpaired) electrons. The van der Waals surface area contributed by atoms with Gasteiger partial charge in [0.05, 0.1) is 6.61 Å². The van der Waals surface area contributed by atoms with Crippen molar-refractivity contribution in [2.45, 2.75) is 328 Å². The van der Waals surface area contributed by atoms with Crippen LogP contribution in [0.15, 0.2) is 134 Å². The summed E-state index contributed by atoms with van der Waals surface area (Å²) in [5.74, 6) is -0.596. The summed E-state index contributed by atoms with van der Waals surface area (Å²) in [7, 11) is 0. The highest BCUT2D eigenvalue weighted by molar-refractivity contribution is 5.70. The molecule has 468 valence electrons. The van der Waals surface area contributed by atoms with Gasteiger partial charge < -0.3 is 14.6 Å². The van der Waals surface area contributed by atoms with Gasteiger partial charge in [0.25, 0.3) is 0 Å². The smallest absolute Gasteiger partial charge is 0.306 e. The fourth-order valence-electron chi connectivity index (χ4n) is 9.76. The van der Waals surface area contributed by atoms with Crippen molar-refractivity contribution >= 4 is 11.9 Å². The van der Waals surface area contributed by atoms with E-state index in [-0.39, 0.29) is 25.2 Å². The Bertz CT molecular complexity index is 1670. The first-order chi connectivity index (χ1) is 40.6. The van der Waals surface area contributed by atoms with Crippen molar-refractivity contribution in [2.75, 3.05) is 13.2 Å². The summed E-state index contributed by atoms with van der Waals surface area (Å²) in [5, 5.41) is 9.70. The molecule has 0 bridgehead atoms. The van der Waals surface area contributed by atoms with E-state index in [0.29, 0.717) is 12.8 Å². The molecule has 5 nitrogen and oxygen atoms in total. The summed E-state index contributed by atoms with van der Waals surface area (Å²) in [5.41, 5.74) is 0. The maximum Gasteiger partial charge on any atom is 0.306 e. The number of esters is 2. The minimum absolute atomic E-state index is 0.0732. The highest BCUT2D eigenvalue weighted by Crippen LogP contribution is 2.17. The van der Waals surface area contributed by atoms with E-state index in [1.165, 1.54) is 186 Å². The third kappa shape index (κ3) is 68.5. The van der Waals surface area contributed by atoms with Crippen molar-refractivity contribution in [3.05, 3.63) is 134 Å². The van der Waals surface area contributed by atoms with E-state index in [1.54, 1.807) is 0 Å². The fourth-order valence-corrected chi connectivity index (χ4v) is 9.76. The van der Waals surface area contributed by atoms with Crippen molar-refractivity contribution < 1.29 is 24.2 Å². The third-order valence-electron chi connectivity index (χ3n) is 14.9. The monoisotopic (exact) mass is 1130 g/mol. The van der Waals surface area contributed by atoms with Crippen LogP contribution in [0.25, 0.3) is 0 Å². The lowest BCUT2D eigenvalue weighted by molar-refractivity contribution is -0.161. The average Bonchev–Trinajstić information content (AvgIpc) is 3.49. The number of aliphatic hydroxyl groups is 1. The van der Waals surface area contributed by atoms with Crippen LogP contribution in [0.4, 0.5) is 0 Å². The van der Waals surface area contributed by atoms with Gasteiger partial charge >= 0.3 is 11.9 Å². The first kappa shape index (κ1) is 78.0. The Hall–Kier alpha value is -3.96. The summed E-state index contributed by atoms with van der Waals surface area (Å²) in [6.07, 6.45) is 106. The number of hydrogen-bond donors (Lipinski definition) is 1. The first-order valence-electron chi connectivity index (χ1n) is 34.7. The van der Waals surface area contributed by atoms with Gasteiger partial charge in [0, 0.05) is 12.8 Å². The van der Waals surface area contributed by atoms with Crippen molar-refractivity contribution in [1.82, 2.24) is 0 Å². The molecule has 0 aromatic carbocycles.